The fraction of sp³-hybridized carbons (Fsp3) is 0.278. The van der Waals surface area contributed by atoms with Gasteiger partial charge < -0.3 is 10.3 Å². The van der Waals surface area contributed by atoms with E-state index in [1.807, 2.05) is 32.0 Å². The van der Waals surface area contributed by atoms with E-state index < -0.39 is 28.9 Å². The van der Waals surface area contributed by atoms with Crippen LogP contribution in [0.5, 0.6) is 0 Å². The first-order chi connectivity index (χ1) is 12.1. The number of carbonyl (C=O) groups excluding carboxylic acids is 1. The molecular formula is C18H16F3N3O2. The second-order valence-electron chi connectivity index (χ2n) is 6.27. The Kier molecular flexibility index (Phi) is 4.43. The second kappa shape index (κ2) is 6.44. The Morgan fingerprint density at radius 1 is 1.23 bits per heavy atom. The van der Waals surface area contributed by atoms with Gasteiger partial charge in [-0.05, 0) is 38.1 Å². The lowest BCUT2D eigenvalue weighted by Crippen LogP contribution is -2.28. The number of amides is 1. The standard InChI is InChI=1S/C18H16F3N3O2/c1-9-3-5-13-12(7-9)14(8-10(2)22-13)23-16(25)11-4-6-15(18(19,20)21)24-17(11)26/h3-7,10,22H,8H2,1-2H3,(H,24,26)/t10-/m1/s1. The molecule has 1 aliphatic rings. The molecule has 1 aromatic carbocycles. The molecule has 8 heteroatoms. The Morgan fingerprint density at radius 2 is 1.96 bits per heavy atom. The Bertz CT molecular complexity index is 961. The quantitative estimate of drug-likeness (QED) is 0.814. The Labute approximate surface area is 147 Å². The summed E-state index contributed by atoms with van der Waals surface area (Å²) in [5, 5.41) is 3.28. The highest BCUT2D eigenvalue weighted by molar-refractivity contribution is 6.14. The van der Waals surface area contributed by atoms with Gasteiger partial charge >= 0.3 is 6.18 Å². The monoisotopic (exact) mass is 363 g/mol. The summed E-state index contributed by atoms with van der Waals surface area (Å²) in [6, 6.07) is 7.22. The van der Waals surface area contributed by atoms with Crippen molar-refractivity contribution in [2.45, 2.75) is 32.5 Å². The molecule has 1 atom stereocenters. The number of nitrogens with one attached hydrogen (secondary N) is 2. The number of H-pyrrole nitrogens is 1. The number of hydrogen-bond donors (Lipinski definition) is 2. The number of halogens is 3. The topological polar surface area (TPSA) is 74.3 Å². The van der Waals surface area contributed by atoms with Crippen molar-refractivity contribution in [1.29, 1.82) is 0 Å². The van der Waals surface area contributed by atoms with Crippen LogP contribution >= 0.6 is 0 Å². The highest BCUT2D eigenvalue weighted by atomic mass is 19.4. The number of rotatable bonds is 1. The molecule has 0 spiro atoms. The molecule has 0 bridgehead atoms. The minimum absolute atomic E-state index is 0.0302. The molecule has 2 aromatic rings. The number of aliphatic imine (C=N–C) groups is 1. The molecule has 2 N–H and O–H groups in total. The molecule has 0 saturated heterocycles. The molecule has 0 radical (unpaired) electrons. The third kappa shape index (κ3) is 3.54. The van der Waals surface area contributed by atoms with Gasteiger partial charge in [-0.3, -0.25) is 9.59 Å². The maximum atomic E-state index is 12.6. The van der Waals surface area contributed by atoms with E-state index in [0.717, 1.165) is 22.9 Å². The molecule has 136 valence electrons. The summed E-state index contributed by atoms with van der Waals surface area (Å²) in [4.78, 5) is 30.0. The third-order valence-electron chi connectivity index (χ3n) is 4.07. The van der Waals surface area contributed by atoms with Gasteiger partial charge in [0.1, 0.15) is 11.3 Å². The average Bonchev–Trinajstić information content (AvgIpc) is 2.54. The first kappa shape index (κ1) is 17.9. The van der Waals surface area contributed by atoms with E-state index in [2.05, 4.69) is 10.3 Å². The van der Waals surface area contributed by atoms with Gasteiger partial charge in [0.25, 0.3) is 11.5 Å². The molecule has 26 heavy (non-hydrogen) atoms. The van der Waals surface area contributed by atoms with E-state index in [1.54, 1.807) is 4.98 Å². The fourth-order valence-corrected chi connectivity index (χ4v) is 2.84. The van der Waals surface area contributed by atoms with Crippen LogP contribution in [-0.4, -0.2) is 22.6 Å². The summed E-state index contributed by atoms with van der Waals surface area (Å²) in [6.07, 6.45) is -4.23. The lowest BCUT2D eigenvalue weighted by atomic mass is 9.95. The van der Waals surface area contributed by atoms with Gasteiger partial charge in [0.15, 0.2) is 0 Å². The van der Waals surface area contributed by atoms with Gasteiger partial charge in [-0.15, -0.1) is 0 Å². The van der Waals surface area contributed by atoms with Crippen molar-refractivity contribution in [1.82, 2.24) is 4.98 Å². The normalized spacial score (nSPS) is 18.3. The third-order valence-corrected chi connectivity index (χ3v) is 4.07. The number of aryl methyl sites for hydroxylation is 1. The van der Waals surface area contributed by atoms with Crippen molar-refractivity contribution in [3.05, 3.63) is 63.1 Å². The number of benzene rings is 1. The molecule has 0 unspecified atom stereocenters. The van der Waals surface area contributed by atoms with Crippen LogP contribution in [0.15, 0.2) is 40.1 Å². The fourth-order valence-electron chi connectivity index (χ4n) is 2.84. The maximum absolute atomic E-state index is 12.6. The van der Waals surface area contributed by atoms with Gasteiger partial charge in [0, 0.05) is 23.7 Å². The summed E-state index contributed by atoms with van der Waals surface area (Å²) in [7, 11) is 0. The van der Waals surface area contributed by atoms with Crippen LogP contribution < -0.4 is 10.9 Å². The second-order valence-corrected chi connectivity index (χ2v) is 6.27. The average molecular weight is 363 g/mol. The van der Waals surface area contributed by atoms with Crippen LogP contribution in [0.3, 0.4) is 0 Å². The minimum atomic E-state index is -4.69. The Balaban J connectivity index is 2.00. The molecule has 3 rings (SSSR count). The largest absolute Gasteiger partial charge is 0.431 e. The summed E-state index contributed by atoms with van der Waals surface area (Å²) < 4.78 is 37.9. The zero-order valence-corrected chi connectivity index (χ0v) is 14.1. The van der Waals surface area contributed by atoms with Crippen LogP contribution in [0.1, 0.15) is 40.5 Å². The number of aromatic nitrogens is 1. The maximum Gasteiger partial charge on any atom is 0.431 e. The number of anilines is 1. The van der Waals surface area contributed by atoms with E-state index in [4.69, 9.17) is 0 Å². The van der Waals surface area contributed by atoms with Crippen LogP contribution in [0.25, 0.3) is 0 Å². The predicted octanol–water partition coefficient (Wildman–Crippen LogP) is 3.54. The van der Waals surface area contributed by atoms with Gasteiger partial charge in [0.05, 0.1) is 5.71 Å². The van der Waals surface area contributed by atoms with Crippen molar-refractivity contribution in [2.75, 3.05) is 5.32 Å². The number of fused-ring (bicyclic) bond motifs is 1. The van der Waals surface area contributed by atoms with E-state index in [1.165, 1.54) is 0 Å². The first-order valence-electron chi connectivity index (χ1n) is 7.95. The van der Waals surface area contributed by atoms with E-state index >= 15 is 0 Å². The predicted molar refractivity (Wildman–Crippen MR) is 91.8 cm³/mol. The summed E-state index contributed by atoms with van der Waals surface area (Å²) in [6.45, 7) is 3.83. The number of alkyl halides is 3. The van der Waals surface area contributed by atoms with Gasteiger partial charge in [-0.1, -0.05) is 11.6 Å². The Morgan fingerprint density at radius 3 is 2.62 bits per heavy atom. The highest BCUT2D eigenvalue weighted by Crippen LogP contribution is 2.28. The summed E-state index contributed by atoms with van der Waals surface area (Å²) >= 11 is 0. The van der Waals surface area contributed by atoms with Crippen molar-refractivity contribution in [3.8, 4) is 0 Å². The van der Waals surface area contributed by atoms with Crippen LogP contribution in [0.4, 0.5) is 18.9 Å². The molecule has 2 heterocycles. The molecule has 0 aliphatic carbocycles. The zero-order valence-electron chi connectivity index (χ0n) is 14.1. The van der Waals surface area contributed by atoms with Crippen LogP contribution in [-0.2, 0) is 6.18 Å². The number of nitrogens with zero attached hydrogens (tertiary/aromatic N) is 1. The first-order valence-corrected chi connectivity index (χ1v) is 7.95. The van der Waals surface area contributed by atoms with Crippen molar-refractivity contribution in [2.24, 2.45) is 4.99 Å². The Hall–Kier alpha value is -2.90. The molecule has 0 fully saturated rings. The molecule has 5 nitrogen and oxygen atoms in total. The zero-order chi connectivity index (χ0) is 19.1. The van der Waals surface area contributed by atoms with E-state index in [9.17, 15) is 22.8 Å². The summed E-state index contributed by atoms with van der Waals surface area (Å²) in [5.74, 6) is -0.864. The molecule has 1 amide bonds. The number of pyridine rings is 1. The van der Waals surface area contributed by atoms with Crippen LogP contribution in [0.2, 0.25) is 0 Å². The van der Waals surface area contributed by atoms with Crippen LogP contribution in [0, 0.1) is 6.92 Å². The number of carbonyl (C=O) groups is 1. The van der Waals surface area contributed by atoms with Crippen molar-refractivity contribution >= 4 is 17.3 Å². The van der Waals surface area contributed by atoms with E-state index in [0.29, 0.717) is 18.2 Å². The smallest absolute Gasteiger partial charge is 0.382 e. The number of hydrogen-bond acceptors (Lipinski definition) is 3. The van der Waals surface area contributed by atoms with E-state index in [-0.39, 0.29) is 6.04 Å². The molecule has 1 aromatic heterocycles. The SMILES string of the molecule is Cc1ccc2c(c1)C(=NC(=O)c1ccc(C(F)(F)F)[nH]c1=O)C[C@@H](C)N2. The van der Waals surface area contributed by atoms with Gasteiger partial charge in [0.2, 0.25) is 0 Å². The van der Waals surface area contributed by atoms with Crippen molar-refractivity contribution in [3.63, 3.8) is 0 Å². The molecule has 1 aliphatic heterocycles. The minimum Gasteiger partial charge on any atom is -0.382 e. The molecular weight excluding hydrogens is 347 g/mol. The lowest BCUT2D eigenvalue weighted by Gasteiger charge is -2.25. The lowest BCUT2D eigenvalue weighted by molar-refractivity contribution is -0.141. The van der Waals surface area contributed by atoms with Crippen molar-refractivity contribution < 1.29 is 18.0 Å². The summed E-state index contributed by atoms with van der Waals surface area (Å²) in [5.41, 5.74) is 0.309. The highest BCUT2D eigenvalue weighted by Gasteiger charge is 2.32. The molecule has 0 saturated carbocycles. The van der Waals surface area contributed by atoms with Gasteiger partial charge in [-0.25, -0.2) is 4.99 Å². The van der Waals surface area contributed by atoms with Gasteiger partial charge in [-0.2, -0.15) is 13.2 Å². The number of aromatic amines is 1.